The van der Waals surface area contributed by atoms with Crippen LogP contribution in [0.2, 0.25) is 5.02 Å². The van der Waals surface area contributed by atoms with E-state index in [4.69, 9.17) is 16.3 Å². The average Bonchev–Trinajstić information content (AvgIpc) is 2.74. The molecule has 6 nitrogen and oxygen atoms in total. The third-order valence-corrected chi connectivity index (χ3v) is 7.49. The first kappa shape index (κ1) is 24.3. The lowest BCUT2D eigenvalue weighted by molar-refractivity contribution is -0.139. The molecule has 0 saturated carbocycles. The summed E-state index contributed by atoms with van der Waals surface area (Å²) < 4.78 is 71.6. The zero-order valence-electron chi connectivity index (χ0n) is 17.4. The second-order valence-corrected chi connectivity index (χ2v) is 9.76. The first-order valence-corrected chi connectivity index (χ1v) is 11.6. The van der Waals surface area contributed by atoms with E-state index in [9.17, 15) is 26.4 Å². The zero-order chi connectivity index (χ0) is 23.7. The molecule has 1 aliphatic rings. The Bertz CT molecular complexity index is 1080. The Balaban J connectivity index is 1.67. The number of hydrogen-bond acceptors (Lipinski definition) is 4. The van der Waals surface area contributed by atoms with Crippen LogP contribution < -0.4 is 4.74 Å². The molecule has 0 radical (unpaired) electrons. The van der Waals surface area contributed by atoms with Crippen molar-refractivity contribution in [2.24, 2.45) is 0 Å². The summed E-state index contributed by atoms with van der Waals surface area (Å²) in [5, 5.41) is -0.295. The molecule has 0 aliphatic carbocycles. The van der Waals surface area contributed by atoms with Gasteiger partial charge in [-0.2, -0.15) is 17.5 Å². The Morgan fingerprint density at radius 3 is 2.22 bits per heavy atom. The third-order valence-electron chi connectivity index (χ3n) is 5.11. The topological polar surface area (TPSA) is 66.9 Å². The molecule has 2 aromatic carbocycles. The Kier molecular flexibility index (Phi) is 7.06. The van der Waals surface area contributed by atoms with Crippen LogP contribution in [0, 0.1) is 6.92 Å². The molecule has 1 aliphatic heterocycles. The molecule has 0 spiro atoms. The largest absolute Gasteiger partial charge is 0.481 e. The summed E-state index contributed by atoms with van der Waals surface area (Å²) in [6, 6.07) is 9.40. The van der Waals surface area contributed by atoms with Crippen LogP contribution in [0.5, 0.6) is 5.75 Å². The van der Waals surface area contributed by atoms with Crippen molar-refractivity contribution in [3.8, 4) is 5.75 Å². The number of ether oxygens (including phenoxy) is 1. The van der Waals surface area contributed by atoms with E-state index in [1.807, 2.05) is 19.1 Å². The highest BCUT2D eigenvalue weighted by molar-refractivity contribution is 7.89. The molecule has 1 heterocycles. The van der Waals surface area contributed by atoms with Gasteiger partial charge in [-0.25, -0.2) is 8.42 Å². The summed E-state index contributed by atoms with van der Waals surface area (Å²) >= 11 is 5.90. The van der Waals surface area contributed by atoms with Gasteiger partial charge in [0.2, 0.25) is 10.0 Å². The van der Waals surface area contributed by atoms with E-state index in [2.05, 4.69) is 0 Å². The molecular weight excluding hydrogens is 469 g/mol. The SMILES string of the molecule is Cc1ccc(O[C@@H](C)C(=O)N2CCN(S(=O)(=O)c3cc(C(F)(F)F)ccc3Cl)CC2)cc1. The normalized spacial score (nSPS) is 16.6. The highest BCUT2D eigenvalue weighted by atomic mass is 35.5. The number of piperazine rings is 1. The summed E-state index contributed by atoms with van der Waals surface area (Å²) in [5.41, 5.74) is -0.0501. The van der Waals surface area contributed by atoms with Crippen LogP contribution in [0.3, 0.4) is 0 Å². The van der Waals surface area contributed by atoms with Crippen molar-refractivity contribution in [2.45, 2.75) is 31.0 Å². The van der Waals surface area contributed by atoms with E-state index in [1.165, 1.54) is 4.90 Å². The van der Waals surface area contributed by atoms with Gasteiger partial charge >= 0.3 is 6.18 Å². The third kappa shape index (κ3) is 5.36. The number of carbonyl (C=O) groups is 1. The lowest BCUT2D eigenvalue weighted by Gasteiger charge is -2.35. The minimum absolute atomic E-state index is 0.0715. The predicted molar refractivity (Wildman–Crippen MR) is 113 cm³/mol. The molecule has 2 aromatic rings. The average molecular weight is 491 g/mol. The van der Waals surface area contributed by atoms with Gasteiger partial charge in [-0.3, -0.25) is 4.79 Å². The van der Waals surface area contributed by atoms with E-state index in [-0.39, 0.29) is 37.1 Å². The van der Waals surface area contributed by atoms with Crippen molar-refractivity contribution >= 4 is 27.5 Å². The van der Waals surface area contributed by atoms with Crippen molar-refractivity contribution in [2.75, 3.05) is 26.2 Å². The van der Waals surface area contributed by atoms with Gasteiger partial charge in [-0.15, -0.1) is 0 Å². The van der Waals surface area contributed by atoms with Gasteiger partial charge in [-0.1, -0.05) is 29.3 Å². The number of carbonyl (C=O) groups excluding carboxylic acids is 1. The fourth-order valence-corrected chi connectivity index (χ4v) is 5.22. The predicted octanol–water partition coefficient (Wildman–Crippen LogP) is 3.97. The summed E-state index contributed by atoms with van der Waals surface area (Å²) in [6.07, 6.45) is -5.48. The number of hydrogen-bond donors (Lipinski definition) is 0. The summed E-state index contributed by atoms with van der Waals surface area (Å²) in [6.45, 7) is 3.55. The fraction of sp³-hybridized carbons (Fsp3) is 0.381. The molecule has 32 heavy (non-hydrogen) atoms. The van der Waals surface area contributed by atoms with Crippen LogP contribution in [0.4, 0.5) is 13.2 Å². The molecule has 0 aromatic heterocycles. The van der Waals surface area contributed by atoms with Crippen molar-refractivity contribution in [3.05, 3.63) is 58.6 Å². The molecule has 1 saturated heterocycles. The van der Waals surface area contributed by atoms with Gasteiger partial charge in [0, 0.05) is 26.2 Å². The second-order valence-electron chi connectivity index (χ2n) is 7.45. The Labute approximate surface area is 189 Å². The van der Waals surface area contributed by atoms with Gasteiger partial charge in [0.1, 0.15) is 10.6 Å². The van der Waals surface area contributed by atoms with E-state index in [0.717, 1.165) is 22.0 Å². The Morgan fingerprint density at radius 2 is 1.66 bits per heavy atom. The lowest BCUT2D eigenvalue weighted by Crippen LogP contribution is -2.53. The monoisotopic (exact) mass is 490 g/mol. The smallest absolute Gasteiger partial charge is 0.416 e. The highest BCUT2D eigenvalue weighted by Crippen LogP contribution is 2.34. The van der Waals surface area contributed by atoms with Crippen molar-refractivity contribution in [1.82, 2.24) is 9.21 Å². The van der Waals surface area contributed by atoms with Gasteiger partial charge in [-0.05, 0) is 44.2 Å². The first-order valence-electron chi connectivity index (χ1n) is 9.78. The fourth-order valence-electron chi connectivity index (χ4n) is 3.29. The van der Waals surface area contributed by atoms with E-state index in [0.29, 0.717) is 11.8 Å². The molecule has 174 valence electrons. The van der Waals surface area contributed by atoms with Crippen molar-refractivity contribution in [1.29, 1.82) is 0 Å². The number of rotatable bonds is 5. The Morgan fingerprint density at radius 1 is 1.06 bits per heavy atom. The molecular formula is C21H22ClF3N2O4S. The highest BCUT2D eigenvalue weighted by Gasteiger charge is 2.36. The standard InChI is InChI=1S/C21H22ClF3N2O4S/c1-14-3-6-17(7-4-14)31-15(2)20(28)26-9-11-27(12-10-26)32(29,30)19-13-16(21(23,24)25)5-8-18(19)22/h3-8,13,15H,9-12H2,1-2H3/t15-/m0/s1. The maximum Gasteiger partial charge on any atom is 0.416 e. The molecule has 3 rings (SSSR count). The molecule has 1 fully saturated rings. The van der Waals surface area contributed by atoms with Crippen LogP contribution in [-0.4, -0.2) is 55.8 Å². The summed E-state index contributed by atoms with van der Waals surface area (Å²) in [5.74, 6) is 0.233. The molecule has 0 N–H and O–H groups in total. The maximum absolute atomic E-state index is 13.0. The summed E-state index contributed by atoms with van der Waals surface area (Å²) in [7, 11) is -4.27. The minimum atomic E-state index is -4.70. The van der Waals surface area contributed by atoms with Gasteiger partial charge < -0.3 is 9.64 Å². The van der Waals surface area contributed by atoms with Crippen LogP contribution in [0.25, 0.3) is 0 Å². The van der Waals surface area contributed by atoms with Crippen LogP contribution >= 0.6 is 11.6 Å². The number of halogens is 4. The minimum Gasteiger partial charge on any atom is -0.481 e. The van der Waals surface area contributed by atoms with Crippen molar-refractivity contribution < 1.29 is 31.1 Å². The second kappa shape index (κ2) is 9.29. The summed E-state index contributed by atoms with van der Waals surface area (Å²) in [4.78, 5) is 13.6. The number of nitrogens with zero attached hydrogens (tertiary/aromatic N) is 2. The number of alkyl halides is 3. The van der Waals surface area contributed by atoms with Crippen LogP contribution in [0.15, 0.2) is 47.4 Å². The van der Waals surface area contributed by atoms with Crippen LogP contribution in [-0.2, 0) is 21.0 Å². The van der Waals surface area contributed by atoms with Gasteiger partial charge in [0.25, 0.3) is 5.91 Å². The number of aryl methyl sites for hydroxylation is 1. The lowest BCUT2D eigenvalue weighted by atomic mass is 10.2. The maximum atomic E-state index is 13.0. The molecule has 0 bridgehead atoms. The molecule has 1 amide bonds. The number of amides is 1. The van der Waals surface area contributed by atoms with E-state index < -0.39 is 32.8 Å². The zero-order valence-corrected chi connectivity index (χ0v) is 19.0. The first-order chi connectivity index (χ1) is 14.9. The van der Waals surface area contributed by atoms with Gasteiger partial charge in [0.15, 0.2) is 6.10 Å². The quantitative estimate of drug-likeness (QED) is 0.636. The number of sulfonamides is 1. The van der Waals surface area contributed by atoms with E-state index >= 15 is 0 Å². The van der Waals surface area contributed by atoms with E-state index in [1.54, 1.807) is 19.1 Å². The van der Waals surface area contributed by atoms with Crippen LogP contribution in [0.1, 0.15) is 18.1 Å². The molecule has 1 atom stereocenters. The van der Waals surface area contributed by atoms with Crippen molar-refractivity contribution in [3.63, 3.8) is 0 Å². The van der Waals surface area contributed by atoms with Gasteiger partial charge in [0.05, 0.1) is 10.6 Å². The number of benzene rings is 2. The Hall–Kier alpha value is -2.30. The molecule has 11 heteroatoms. The molecule has 0 unspecified atom stereocenters.